The van der Waals surface area contributed by atoms with Crippen LogP contribution in [0.3, 0.4) is 0 Å². The first-order valence-corrected chi connectivity index (χ1v) is 8.68. The summed E-state index contributed by atoms with van der Waals surface area (Å²) >= 11 is 0. The normalized spacial score (nSPS) is 30.2. The van der Waals surface area contributed by atoms with Gasteiger partial charge in [0.25, 0.3) is 0 Å². The highest BCUT2D eigenvalue weighted by atomic mass is 19.1. The van der Waals surface area contributed by atoms with Crippen molar-refractivity contribution in [2.75, 3.05) is 13.2 Å². The zero-order chi connectivity index (χ0) is 16.9. The van der Waals surface area contributed by atoms with Crippen LogP contribution in [0.2, 0.25) is 0 Å². The molecule has 1 saturated carbocycles. The summed E-state index contributed by atoms with van der Waals surface area (Å²) in [5.41, 5.74) is 1.20. The van der Waals surface area contributed by atoms with Crippen LogP contribution in [0.15, 0.2) is 24.3 Å². The largest absolute Gasteiger partial charge is 0.465 e. The Morgan fingerprint density at radius 2 is 1.79 bits per heavy atom. The molecule has 2 atom stereocenters. The molecule has 1 aliphatic carbocycles. The average molecular weight is 336 g/mol. The third-order valence-electron chi connectivity index (χ3n) is 5.12. The maximum absolute atomic E-state index is 13.0. The Balaban J connectivity index is 1.43. The molecule has 0 radical (unpaired) electrons. The third-order valence-corrected chi connectivity index (χ3v) is 5.12. The van der Waals surface area contributed by atoms with Crippen LogP contribution in [0.5, 0.6) is 0 Å². The minimum Gasteiger partial charge on any atom is -0.465 e. The first-order chi connectivity index (χ1) is 11.6. The van der Waals surface area contributed by atoms with E-state index in [1.54, 1.807) is 0 Å². The van der Waals surface area contributed by atoms with Crippen molar-refractivity contribution in [2.24, 2.45) is 5.92 Å². The third kappa shape index (κ3) is 4.68. The number of hydrogen-bond acceptors (Lipinski definition) is 3. The number of carbonyl (C=O) groups is 1. The second-order valence-electron chi connectivity index (χ2n) is 6.91. The topological polar surface area (TPSA) is 70.6 Å². The number of benzene rings is 1. The molecule has 3 N–H and O–H groups in total. The van der Waals surface area contributed by atoms with Crippen molar-refractivity contribution in [3.63, 3.8) is 0 Å². The van der Waals surface area contributed by atoms with Gasteiger partial charge in [0.2, 0.25) is 0 Å². The van der Waals surface area contributed by atoms with Crippen LogP contribution < -0.4 is 10.6 Å². The Labute approximate surface area is 141 Å². The molecule has 132 valence electrons. The highest BCUT2D eigenvalue weighted by Crippen LogP contribution is 2.28. The van der Waals surface area contributed by atoms with E-state index in [2.05, 4.69) is 10.6 Å². The van der Waals surface area contributed by atoms with Gasteiger partial charge in [0, 0.05) is 6.04 Å². The molecule has 0 unspecified atom stereocenters. The molecule has 1 aromatic rings. The van der Waals surface area contributed by atoms with Gasteiger partial charge in [-0.2, -0.15) is 0 Å². The van der Waals surface area contributed by atoms with Gasteiger partial charge in [-0.1, -0.05) is 12.1 Å². The molecule has 2 aliphatic rings. The molecule has 5 nitrogen and oxygen atoms in total. The van der Waals surface area contributed by atoms with Gasteiger partial charge in [0.1, 0.15) is 5.82 Å². The lowest BCUT2D eigenvalue weighted by Crippen LogP contribution is -2.52. The summed E-state index contributed by atoms with van der Waals surface area (Å²) in [7, 11) is 0. The molecule has 1 amide bonds. The van der Waals surface area contributed by atoms with Gasteiger partial charge in [-0.25, -0.2) is 9.18 Å². The van der Waals surface area contributed by atoms with E-state index in [4.69, 9.17) is 9.84 Å². The number of nitrogens with one attached hydrogen (secondary N) is 2. The Hall–Kier alpha value is -1.66. The smallest absolute Gasteiger partial charge is 0.405 e. The fourth-order valence-corrected chi connectivity index (χ4v) is 3.81. The van der Waals surface area contributed by atoms with Crippen LogP contribution in [0.4, 0.5) is 9.18 Å². The summed E-state index contributed by atoms with van der Waals surface area (Å²) in [5.74, 6) is 0.455. The number of rotatable bonds is 5. The molecule has 1 aromatic carbocycles. The van der Waals surface area contributed by atoms with Crippen molar-refractivity contribution in [2.45, 2.75) is 50.2 Å². The van der Waals surface area contributed by atoms with E-state index in [1.165, 1.54) is 17.7 Å². The fraction of sp³-hybridized carbons (Fsp3) is 0.611. The lowest BCUT2D eigenvalue weighted by molar-refractivity contribution is 0.174. The lowest BCUT2D eigenvalue weighted by atomic mass is 9.82. The monoisotopic (exact) mass is 336 g/mol. The molecular formula is C18H25FN2O3. The SMILES string of the molecule is O=C(O)N[C@@H]1COC[C@H]1NC1CCC(Cc2ccc(F)cc2)CC1. The van der Waals surface area contributed by atoms with Crippen LogP contribution in [0, 0.1) is 11.7 Å². The van der Waals surface area contributed by atoms with Gasteiger partial charge in [0.05, 0.1) is 25.3 Å². The number of halogens is 1. The van der Waals surface area contributed by atoms with E-state index in [0.29, 0.717) is 25.2 Å². The number of amides is 1. The highest BCUT2D eigenvalue weighted by molar-refractivity contribution is 5.65. The molecule has 3 rings (SSSR count). The zero-order valence-electron chi connectivity index (χ0n) is 13.7. The quantitative estimate of drug-likeness (QED) is 0.773. The van der Waals surface area contributed by atoms with Crippen molar-refractivity contribution in [1.82, 2.24) is 10.6 Å². The zero-order valence-corrected chi connectivity index (χ0v) is 13.7. The molecule has 0 aromatic heterocycles. The molecule has 0 spiro atoms. The summed E-state index contributed by atoms with van der Waals surface area (Å²) in [5, 5.41) is 15.0. The van der Waals surface area contributed by atoms with Crippen molar-refractivity contribution in [3.8, 4) is 0 Å². The van der Waals surface area contributed by atoms with Gasteiger partial charge in [-0.15, -0.1) is 0 Å². The lowest BCUT2D eigenvalue weighted by Gasteiger charge is -2.32. The Morgan fingerprint density at radius 1 is 1.12 bits per heavy atom. The van der Waals surface area contributed by atoms with Gasteiger partial charge in [-0.05, 0) is 55.7 Å². The maximum Gasteiger partial charge on any atom is 0.405 e. The van der Waals surface area contributed by atoms with E-state index in [-0.39, 0.29) is 17.9 Å². The molecule has 1 aliphatic heterocycles. The van der Waals surface area contributed by atoms with E-state index < -0.39 is 6.09 Å². The minimum absolute atomic E-state index is 0.0553. The van der Waals surface area contributed by atoms with Crippen molar-refractivity contribution < 1.29 is 19.0 Å². The Bertz CT molecular complexity index is 544. The van der Waals surface area contributed by atoms with Crippen LogP contribution in [0.25, 0.3) is 0 Å². The van der Waals surface area contributed by atoms with Crippen LogP contribution in [-0.2, 0) is 11.2 Å². The van der Waals surface area contributed by atoms with Crippen LogP contribution >= 0.6 is 0 Å². The van der Waals surface area contributed by atoms with Crippen LogP contribution in [-0.4, -0.2) is 42.5 Å². The summed E-state index contributed by atoms with van der Waals surface area (Å²) < 4.78 is 18.4. The standard InChI is InChI=1S/C18H25FN2O3/c19-14-5-1-12(2-6-14)9-13-3-7-15(8-4-13)20-16-10-24-11-17(16)21-18(22)23/h1-2,5-6,13,15-17,20-21H,3-4,7-11H2,(H,22,23)/t13?,15?,16-,17-/m1/s1. The molecular weight excluding hydrogens is 311 g/mol. The molecule has 0 bridgehead atoms. The van der Waals surface area contributed by atoms with Gasteiger partial charge in [0.15, 0.2) is 0 Å². The predicted molar refractivity (Wildman–Crippen MR) is 88.5 cm³/mol. The number of ether oxygens (including phenoxy) is 1. The maximum atomic E-state index is 13.0. The summed E-state index contributed by atoms with van der Waals surface area (Å²) in [6, 6.07) is 7.10. The fourth-order valence-electron chi connectivity index (χ4n) is 3.81. The van der Waals surface area contributed by atoms with E-state index >= 15 is 0 Å². The van der Waals surface area contributed by atoms with E-state index in [1.807, 2.05) is 12.1 Å². The van der Waals surface area contributed by atoms with Crippen molar-refractivity contribution in [1.29, 1.82) is 0 Å². The average Bonchev–Trinajstić information content (AvgIpc) is 2.98. The van der Waals surface area contributed by atoms with Gasteiger partial charge >= 0.3 is 6.09 Å². The van der Waals surface area contributed by atoms with Crippen LogP contribution in [0.1, 0.15) is 31.2 Å². The predicted octanol–water partition coefficient (Wildman–Crippen LogP) is 2.55. The van der Waals surface area contributed by atoms with Gasteiger partial charge in [-0.3, -0.25) is 0 Å². The first kappa shape index (κ1) is 17.2. The second-order valence-corrected chi connectivity index (χ2v) is 6.91. The number of carboxylic acid groups (broad SMARTS) is 1. The number of hydrogen-bond donors (Lipinski definition) is 3. The Morgan fingerprint density at radius 3 is 2.46 bits per heavy atom. The molecule has 1 heterocycles. The van der Waals surface area contributed by atoms with Crippen molar-refractivity contribution >= 4 is 6.09 Å². The summed E-state index contributed by atoms with van der Waals surface area (Å²) in [6.07, 6.45) is 4.45. The molecule has 24 heavy (non-hydrogen) atoms. The molecule has 1 saturated heterocycles. The Kier molecular flexibility index (Phi) is 5.68. The van der Waals surface area contributed by atoms with Crippen molar-refractivity contribution in [3.05, 3.63) is 35.6 Å². The highest BCUT2D eigenvalue weighted by Gasteiger charge is 2.32. The van der Waals surface area contributed by atoms with Gasteiger partial charge < -0.3 is 20.5 Å². The first-order valence-electron chi connectivity index (χ1n) is 8.68. The van der Waals surface area contributed by atoms with E-state index in [0.717, 1.165) is 32.1 Å². The van der Waals surface area contributed by atoms with E-state index in [9.17, 15) is 9.18 Å². The minimum atomic E-state index is -1.000. The molecule has 2 fully saturated rings. The summed E-state index contributed by atoms with van der Waals surface area (Å²) in [4.78, 5) is 10.8. The summed E-state index contributed by atoms with van der Waals surface area (Å²) in [6.45, 7) is 0.990. The molecule has 6 heteroatoms. The second kappa shape index (κ2) is 7.94.